The van der Waals surface area contributed by atoms with Gasteiger partial charge in [0.2, 0.25) is 0 Å². The first-order chi connectivity index (χ1) is 25.2. The minimum absolute atomic E-state index is 0.190. The van der Waals surface area contributed by atoms with Crippen LogP contribution in [0, 0.1) is 0 Å². The van der Waals surface area contributed by atoms with Gasteiger partial charge in [0.05, 0.1) is 0 Å². The van der Waals surface area contributed by atoms with Crippen molar-refractivity contribution in [2.24, 2.45) is 0 Å². The molecule has 0 spiro atoms. The molecular weight excluding hydrogens is 660 g/mol. The molecule has 52 heavy (non-hydrogen) atoms. The Bertz CT molecular complexity index is 2060. The van der Waals surface area contributed by atoms with Crippen molar-refractivity contribution in [2.75, 3.05) is 13.2 Å². The maximum atomic E-state index is 14.3. The summed E-state index contributed by atoms with van der Waals surface area (Å²) in [4.78, 5) is 54.1. The zero-order valence-electron chi connectivity index (χ0n) is 28.3. The summed E-state index contributed by atoms with van der Waals surface area (Å²) >= 11 is 0. The van der Waals surface area contributed by atoms with Crippen LogP contribution >= 0.6 is 0 Å². The first kappa shape index (κ1) is 34.0. The first-order valence-electron chi connectivity index (χ1n) is 17.0. The fourth-order valence-electron chi connectivity index (χ4n) is 7.34. The average molecular weight is 697 g/mol. The second-order valence-electron chi connectivity index (χ2n) is 12.9. The molecule has 5 aromatic rings. The topological polar surface area (TPSA) is 134 Å². The predicted octanol–water partition coefficient (Wildman–Crippen LogP) is 7.57. The van der Waals surface area contributed by atoms with Gasteiger partial charge in [-0.1, -0.05) is 127 Å². The highest BCUT2D eigenvalue weighted by Gasteiger charge is 2.44. The number of hydrazine groups is 1. The Morgan fingerprint density at radius 3 is 1.29 bits per heavy atom. The molecule has 0 saturated heterocycles. The molecule has 0 bridgehead atoms. The minimum Gasteiger partial charge on any atom is -0.480 e. The highest BCUT2D eigenvalue weighted by molar-refractivity contribution is 5.86. The molecule has 2 aliphatic carbocycles. The second-order valence-corrected chi connectivity index (χ2v) is 12.9. The van der Waals surface area contributed by atoms with Gasteiger partial charge in [0.25, 0.3) is 0 Å². The van der Waals surface area contributed by atoms with Crippen LogP contribution in [0.5, 0.6) is 0 Å². The molecule has 0 saturated carbocycles. The van der Waals surface area contributed by atoms with Crippen molar-refractivity contribution in [3.8, 4) is 22.3 Å². The van der Waals surface area contributed by atoms with Gasteiger partial charge in [-0.05, 0) is 57.0 Å². The zero-order chi connectivity index (χ0) is 36.4. The van der Waals surface area contributed by atoms with Gasteiger partial charge in [-0.15, -0.1) is 0 Å². The Kier molecular flexibility index (Phi) is 9.45. The van der Waals surface area contributed by atoms with Crippen LogP contribution in [0.3, 0.4) is 0 Å². The lowest BCUT2D eigenvalue weighted by molar-refractivity contribution is -0.159. The third-order valence-electron chi connectivity index (χ3n) is 9.85. The van der Waals surface area contributed by atoms with Crippen molar-refractivity contribution >= 4 is 24.1 Å². The standard InChI is InChI=1S/C42H36N2O8/c1-26(39(45)46)43(41(49)51-24-36-32-19-9-5-15-28(32)29-16-6-10-20-33(29)36)44(38(40(47)48)23-27-13-3-2-4-14-27)42(50)52-25-37-34-21-11-7-17-30(34)31-18-8-12-22-35(31)37/h2-22,26,36-38H,23-25H2,1H3,(H,45,46)(H,47,48)/t26-,38-/m0/s1. The summed E-state index contributed by atoms with van der Waals surface area (Å²) in [7, 11) is 0. The number of nitrogens with zero attached hydrogens (tertiary/aromatic N) is 2. The SMILES string of the molecule is C[C@@H](C(=O)O)N(C(=O)OCC1c2ccccc2-c2ccccc21)N(C(=O)OCC1c2ccccc2-c2ccccc21)[C@@H](Cc1ccccc1)C(=O)O. The molecule has 0 radical (unpaired) electrons. The first-order valence-corrected chi connectivity index (χ1v) is 17.0. The van der Waals surface area contributed by atoms with E-state index in [-0.39, 0.29) is 31.5 Å². The number of carboxylic acids is 2. The van der Waals surface area contributed by atoms with Crippen molar-refractivity contribution < 1.29 is 38.9 Å². The minimum atomic E-state index is -1.74. The van der Waals surface area contributed by atoms with E-state index in [0.717, 1.165) is 44.5 Å². The monoisotopic (exact) mass is 696 g/mol. The fourth-order valence-corrected chi connectivity index (χ4v) is 7.34. The van der Waals surface area contributed by atoms with Crippen LogP contribution < -0.4 is 0 Å². The number of amides is 2. The molecule has 2 amide bonds. The number of ether oxygens (including phenoxy) is 2. The third-order valence-corrected chi connectivity index (χ3v) is 9.85. The van der Waals surface area contributed by atoms with Crippen LogP contribution in [-0.2, 0) is 25.5 Å². The van der Waals surface area contributed by atoms with E-state index in [0.29, 0.717) is 15.6 Å². The van der Waals surface area contributed by atoms with Gasteiger partial charge >= 0.3 is 24.1 Å². The molecule has 10 nitrogen and oxygen atoms in total. The zero-order valence-corrected chi connectivity index (χ0v) is 28.3. The van der Waals surface area contributed by atoms with E-state index in [9.17, 15) is 29.4 Å². The van der Waals surface area contributed by atoms with Crippen molar-refractivity contribution in [2.45, 2.75) is 37.3 Å². The highest BCUT2D eigenvalue weighted by Crippen LogP contribution is 2.46. The van der Waals surface area contributed by atoms with Crippen LogP contribution in [0.2, 0.25) is 0 Å². The number of hydrogen-bond donors (Lipinski definition) is 2. The summed E-state index contributed by atoms with van der Waals surface area (Å²) < 4.78 is 11.7. The number of hydrogen-bond acceptors (Lipinski definition) is 6. The van der Waals surface area contributed by atoms with Gasteiger partial charge in [-0.3, -0.25) is 0 Å². The number of benzene rings is 5. The molecule has 0 heterocycles. The molecule has 7 rings (SSSR count). The normalized spacial score (nSPS) is 13.9. The lowest BCUT2D eigenvalue weighted by Crippen LogP contribution is -2.62. The molecule has 10 heteroatoms. The summed E-state index contributed by atoms with van der Waals surface area (Å²) in [6.07, 6.45) is -2.66. The Morgan fingerprint density at radius 2 is 0.904 bits per heavy atom. The van der Waals surface area contributed by atoms with E-state index in [4.69, 9.17) is 9.47 Å². The van der Waals surface area contributed by atoms with Crippen LogP contribution in [-0.4, -0.2) is 69.7 Å². The summed E-state index contributed by atoms with van der Waals surface area (Å²) in [5.74, 6) is -3.70. The smallest absolute Gasteiger partial charge is 0.429 e. The Balaban J connectivity index is 1.22. The Labute approximate surface area is 300 Å². The molecule has 0 unspecified atom stereocenters. The number of carboxylic acid groups (broad SMARTS) is 2. The van der Waals surface area contributed by atoms with Gasteiger partial charge in [0.15, 0.2) is 12.1 Å². The molecule has 2 aliphatic rings. The summed E-state index contributed by atoms with van der Waals surface area (Å²) in [6.45, 7) is 0.806. The quantitative estimate of drug-likeness (QED) is 0.143. The molecule has 0 aromatic heterocycles. The summed E-state index contributed by atoms with van der Waals surface area (Å²) in [5, 5.41) is 22.0. The van der Waals surface area contributed by atoms with Gasteiger partial charge in [0.1, 0.15) is 13.2 Å². The van der Waals surface area contributed by atoms with Crippen LogP contribution in [0.25, 0.3) is 22.3 Å². The average Bonchev–Trinajstić information content (AvgIpc) is 3.66. The third kappa shape index (κ3) is 6.35. The van der Waals surface area contributed by atoms with E-state index in [2.05, 4.69) is 0 Å². The molecule has 5 aromatic carbocycles. The summed E-state index contributed by atoms with van der Waals surface area (Å²) in [5.41, 5.74) is 8.20. The number of carbonyl (C=O) groups is 4. The van der Waals surface area contributed by atoms with Gasteiger partial charge < -0.3 is 19.7 Å². The van der Waals surface area contributed by atoms with Crippen LogP contribution in [0.15, 0.2) is 127 Å². The number of carbonyl (C=O) groups excluding carboxylic acids is 2. The molecule has 2 N–H and O–H groups in total. The van der Waals surface area contributed by atoms with E-state index in [1.807, 2.05) is 97.1 Å². The maximum Gasteiger partial charge on any atom is 0.429 e. The molecule has 2 atom stereocenters. The van der Waals surface area contributed by atoms with Gasteiger partial charge in [0, 0.05) is 18.3 Å². The predicted molar refractivity (Wildman–Crippen MR) is 192 cm³/mol. The van der Waals surface area contributed by atoms with Gasteiger partial charge in [-0.2, -0.15) is 10.0 Å². The Hall–Kier alpha value is -6.42. The maximum absolute atomic E-state index is 14.3. The van der Waals surface area contributed by atoms with E-state index >= 15 is 0 Å². The van der Waals surface area contributed by atoms with Crippen LogP contribution in [0.1, 0.15) is 46.6 Å². The van der Waals surface area contributed by atoms with Crippen molar-refractivity contribution in [3.05, 3.63) is 155 Å². The number of rotatable bonds is 10. The number of fused-ring (bicyclic) bond motifs is 6. The molecule has 262 valence electrons. The molecule has 0 fully saturated rings. The van der Waals surface area contributed by atoms with Crippen LogP contribution in [0.4, 0.5) is 9.59 Å². The van der Waals surface area contributed by atoms with Crippen molar-refractivity contribution in [3.63, 3.8) is 0 Å². The Morgan fingerprint density at radius 1 is 0.538 bits per heavy atom. The number of aliphatic carboxylic acids is 2. The van der Waals surface area contributed by atoms with E-state index in [1.165, 1.54) is 6.92 Å². The van der Waals surface area contributed by atoms with Crippen molar-refractivity contribution in [1.82, 2.24) is 10.0 Å². The molecule has 0 aliphatic heterocycles. The molecular formula is C42H36N2O8. The lowest BCUT2D eigenvalue weighted by atomic mass is 9.98. The van der Waals surface area contributed by atoms with E-state index in [1.54, 1.807) is 30.3 Å². The van der Waals surface area contributed by atoms with Gasteiger partial charge in [-0.25, -0.2) is 19.2 Å². The second kappa shape index (κ2) is 14.4. The highest BCUT2D eigenvalue weighted by atomic mass is 16.6. The largest absolute Gasteiger partial charge is 0.480 e. The van der Waals surface area contributed by atoms with E-state index < -0.39 is 36.2 Å². The lowest BCUT2D eigenvalue weighted by Gasteiger charge is -2.39. The van der Waals surface area contributed by atoms with Crippen molar-refractivity contribution in [1.29, 1.82) is 0 Å². The fraction of sp³-hybridized carbons (Fsp3) is 0.190. The summed E-state index contributed by atoms with van der Waals surface area (Å²) in [6, 6.07) is 36.0.